The Morgan fingerprint density at radius 3 is 3.16 bits per heavy atom. The molecule has 102 valence electrons. The van der Waals surface area contributed by atoms with Gasteiger partial charge in [-0.15, -0.1) is 0 Å². The summed E-state index contributed by atoms with van der Waals surface area (Å²) in [6.45, 7) is 2.50. The summed E-state index contributed by atoms with van der Waals surface area (Å²) >= 11 is 0. The number of rotatable bonds is 4. The molecular formula is C14H19N3O2. The van der Waals surface area contributed by atoms with Crippen molar-refractivity contribution in [1.29, 1.82) is 0 Å². The van der Waals surface area contributed by atoms with Gasteiger partial charge >= 0.3 is 0 Å². The summed E-state index contributed by atoms with van der Waals surface area (Å²) in [6.07, 6.45) is 2.67. The Morgan fingerprint density at radius 1 is 1.47 bits per heavy atom. The normalized spacial score (nSPS) is 19.6. The summed E-state index contributed by atoms with van der Waals surface area (Å²) in [7, 11) is 2.06. The van der Waals surface area contributed by atoms with Crippen LogP contribution in [-0.4, -0.2) is 36.2 Å². The third-order valence-electron chi connectivity index (χ3n) is 3.40. The minimum atomic E-state index is 0.352. The highest BCUT2D eigenvalue weighted by Crippen LogP contribution is 2.19. The van der Waals surface area contributed by atoms with Gasteiger partial charge in [0.25, 0.3) is 0 Å². The Kier molecular flexibility index (Phi) is 3.40. The van der Waals surface area contributed by atoms with E-state index in [-0.39, 0.29) is 0 Å². The molecule has 2 aromatic rings. The molecule has 19 heavy (non-hydrogen) atoms. The lowest BCUT2D eigenvalue weighted by Gasteiger charge is -2.18. The first kappa shape index (κ1) is 12.4. The van der Waals surface area contributed by atoms with Crippen molar-refractivity contribution in [3.63, 3.8) is 0 Å². The highest BCUT2D eigenvalue weighted by atomic mass is 16.5. The number of hydrogen-bond acceptors (Lipinski definition) is 5. The first-order valence-corrected chi connectivity index (χ1v) is 6.66. The maximum absolute atomic E-state index is 5.73. The topological polar surface area (TPSA) is 64.5 Å². The summed E-state index contributed by atoms with van der Waals surface area (Å²) in [4.78, 5) is 6.64. The third-order valence-corrected chi connectivity index (χ3v) is 3.40. The van der Waals surface area contributed by atoms with Crippen LogP contribution in [0, 0.1) is 0 Å². The largest absolute Gasteiger partial charge is 0.439 e. The van der Waals surface area contributed by atoms with Crippen LogP contribution >= 0.6 is 0 Å². The predicted molar refractivity (Wildman–Crippen MR) is 73.7 cm³/mol. The second kappa shape index (κ2) is 5.19. The van der Waals surface area contributed by atoms with Gasteiger partial charge in [-0.1, -0.05) is 0 Å². The number of hydrogen-bond donors (Lipinski definition) is 1. The van der Waals surface area contributed by atoms with Crippen molar-refractivity contribution in [3.8, 4) is 0 Å². The smallest absolute Gasteiger partial charge is 0.209 e. The molecule has 0 amide bonds. The summed E-state index contributed by atoms with van der Waals surface area (Å²) < 4.78 is 11.3. The molecule has 1 aliphatic heterocycles. The molecule has 1 aromatic heterocycles. The maximum atomic E-state index is 5.73. The molecule has 0 radical (unpaired) electrons. The van der Waals surface area contributed by atoms with Crippen molar-refractivity contribution in [2.24, 2.45) is 0 Å². The molecule has 1 saturated heterocycles. The molecule has 0 bridgehead atoms. The molecule has 2 heterocycles. The molecule has 0 spiro atoms. The Bertz CT molecular complexity index is 561. The van der Waals surface area contributed by atoms with Gasteiger partial charge in [0, 0.05) is 18.8 Å². The van der Waals surface area contributed by atoms with Gasteiger partial charge in [0.15, 0.2) is 5.58 Å². The van der Waals surface area contributed by atoms with Crippen LogP contribution in [0.2, 0.25) is 0 Å². The van der Waals surface area contributed by atoms with E-state index in [1.165, 1.54) is 6.42 Å². The van der Waals surface area contributed by atoms with Gasteiger partial charge in [0.2, 0.25) is 5.89 Å². The van der Waals surface area contributed by atoms with Gasteiger partial charge in [-0.25, -0.2) is 4.98 Å². The number of nitrogens with zero attached hydrogens (tertiary/aromatic N) is 2. The Balaban J connectivity index is 1.66. The molecule has 1 fully saturated rings. The van der Waals surface area contributed by atoms with Crippen molar-refractivity contribution in [2.75, 3.05) is 25.9 Å². The lowest BCUT2D eigenvalue weighted by Crippen LogP contribution is -2.28. The summed E-state index contributed by atoms with van der Waals surface area (Å²) in [5, 5.41) is 0. The Labute approximate surface area is 112 Å². The molecular weight excluding hydrogens is 242 g/mol. The number of nitrogen functional groups attached to an aromatic ring is 1. The number of anilines is 1. The monoisotopic (exact) mass is 261 g/mol. The summed E-state index contributed by atoms with van der Waals surface area (Å²) in [6, 6.07) is 5.52. The molecule has 1 aromatic carbocycles. The Morgan fingerprint density at radius 2 is 2.37 bits per heavy atom. The molecule has 1 aliphatic rings. The highest BCUT2D eigenvalue weighted by molar-refractivity contribution is 5.76. The minimum absolute atomic E-state index is 0.352. The van der Waals surface area contributed by atoms with Crippen molar-refractivity contribution in [3.05, 3.63) is 24.1 Å². The molecule has 5 heteroatoms. The van der Waals surface area contributed by atoms with Crippen molar-refractivity contribution >= 4 is 16.8 Å². The number of ether oxygens (including phenoxy) is 1. The molecule has 0 aliphatic carbocycles. The zero-order valence-corrected chi connectivity index (χ0v) is 11.1. The third kappa shape index (κ3) is 2.88. The number of likely N-dealkylation sites (N-methyl/N-ethyl adjacent to an activating group) is 1. The van der Waals surface area contributed by atoms with E-state index in [9.17, 15) is 0 Å². The summed E-state index contributed by atoms with van der Waals surface area (Å²) in [5.41, 5.74) is 8.05. The molecule has 5 nitrogen and oxygen atoms in total. The van der Waals surface area contributed by atoms with Gasteiger partial charge in [-0.2, -0.15) is 0 Å². The number of fused-ring (bicyclic) bond motifs is 1. The summed E-state index contributed by atoms with van der Waals surface area (Å²) in [5.74, 6) is 0.723. The van der Waals surface area contributed by atoms with E-state index in [4.69, 9.17) is 14.9 Å². The quantitative estimate of drug-likeness (QED) is 0.853. The zero-order chi connectivity index (χ0) is 13.2. The fraction of sp³-hybridized carbons (Fsp3) is 0.500. The molecule has 1 atom stereocenters. The first-order chi connectivity index (χ1) is 9.20. The van der Waals surface area contributed by atoms with Gasteiger partial charge in [-0.05, 0) is 38.1 Å². The first-order valence-electron chi connectivity index (χ1n) is 6.66. The Hall–Kier alpha value is -1.59. The highest BCUT2D eigenvalue weighted by Gasteiger charge is 2.18. The van der Waals surface area contributed by atoms with E-state index in [2.05, 4.69) is 16.9 Å². The SMILES string of the molecule is CN(Cc1nc2cc(N)ccc2o1)CC1CCCO1. The lowest BCUT2D eigenvalue weighted by atomic mass is 10.2. The van der Waals surface area contributed by atoms with Crippen LogP contribution in [0.1, 0.15) is 18.7 Å². The van der Waals surface area contributed by atoms with Crippen LogP contribution in [0.5, 0.6) is 0 Å². The van der Waals surface area contributed by atoms with E-state index in [1.807, 2.05) is 18.2 Å². The van der Waals surface area contributed by atoms with Gasteiger partial charge in [-0.3, -0.25) is 4.90 Å². The van der Waals surface area contributed by atoms with Gasteiger partial charge < -0.3 is 14.9 Å². The minimum Gasteiger partial charge on any atom is -0.439 e. The van der Waals surface area contributed by atoms with E-state index in [1.54, 1.807) is 0 Å². The van der Waals surface area contributed by atoms with E-state index >= 15 is 0 Å². The maximum Gasteiger partial charge on any atom is 0.209 e. The van der Waals surface area contributed by atoms with Gasteiger partial charge in [0.1, 0.15) is 5.52 Å². The van der Waals surface area contributed by atoms with Crippen LogP contribution in [0.15, 0.2) is 22.6 Å². The van der Waals surface area contributed by atoms with E-state index in [0.29, 0.717) is 18.3 Å². The standard InChI is InChI=1S/C14H19N3O2/c1-17(8-11-3-2-6-18-11)9-14-16-12-7-10(15)4-5-13(12)19-14/h4-5,7,11H,2-3,6,8-9,15H2,1H3. The number of nitrogens with two attached hydrogens (primary N) is 1. The van der Waals surface area contributed by atoms with Crippen LogP contribution in [0.3, 0.4) is 0 Å². The second-order valence-electron chi connectivity index (χ2n) is 5.17. The molecule has 2 N–H and O–H groups in total. The number of oxazole rings is 1. The van der Waals surface area contributed by atoms with Crippen LogP contribution in [0.25, 0.3) is 11.1 Å². The number of aromatic nitrogens is 1. The molecule has 1 unspecified atom stereocenters. The van der Waals surface area contributed by atoms with E-state index in [0.717, 1.165) is 36.6 Å². The average Bonchev–Trinajstić information content (AvgIpc) is 2.97. The van der Waals surface area contributed by atoms with Crippen molar-refractivity contribution < 1.29 is 9.15 Å². The average molecular weight is 261 g/mol. The van der Waals surface area contributed by atoms with Crippen LogP contribution in [-0.2, 0) is 11.3 Å². The second-order valence-corrected chi connectivity index (χ2v) is 5.17. The predicted octanol–water partition coefficient (Wildman–Crippen LogP) is 2.02. The fourth-order valence-electron chi connectivity index (χ4n) is 2.49. The fourth-order valence-corrected chi connectivity index (χ4v) is 2.49. The molecule has 0 saturated carbocycles. The van der Waals surface area contributed by atoms with E-state index < -0.39 is 0 Å². The number of benzene rings is 1. The van der Waals surface area contributed by atoms with Crippen molar-refractivity contribution in [1.82, 2.24) is 9.88 Å². The zero-order valence-electron chi connectivity index (χ0n) is 11.1. The van der Waals surface area contributed by atoms with Gasteiger partial charge in [0.05, 0.1) is 12.6 Å². The van der Waals surface area contributed by atoms with Crippen LogP contribution in [0.4, 0.5) is 5.69 Å². The van der Waals surface area contributed by atoms with Crippen LogP contribution < -0.4 is 5.73 Å². The van der Waals surface area contributed by atoms with Crippen molar-refractivity contribution in [2.45, 2.75) is 25.5 Å². The molecule has 3 rings (SSSR count). The lowest BCUT2D eigenvalue weighted by molar-refractivity contribution is 0.0771.